The van der Waals surface area contributed by atoms with Crippen molar-refractivity contribution in [2.75, 3.05) is 11.9 Å². The number of nitrogens with zero attached hydrogens (tertiary/aromatic N) is 1. The summed E-state index contributed by atoms with van der Waals surface area (Å²) in [6.07, 6.45) is 0. The van der Waals surface area contributed by atoms with Crippen LogP contribution in [0, 0.1) is 13.8 Å². The number of amides is 1. The Labute approximate surface area is 153 Å². The molecule has 0 atom stereocenters. The Hall–Kier alpha value is -2.31. The van der Waals surface area contributed by atoms with E-state index in [2.05, 4.69) is 5.32 Å². The number of aryl methyl sites for hydroxylation is 3. The van der Waals surface area contributed by atoms with Gasteiger partial charge in [0.05, 0.1) is 10.2 Å². The van der Waals surface area contributed by atoms with Gasteiger partial charge in [0.25, 0.3) is 5.91 Å². The van der Waals surface area contributed by atoms with Gasteiger partial charge in [-0.05, 0) is 55.3 Å². The van der Waals surface area contributed by atoms with Crippen LogP contribution >= 0.6 is 22.9 Å². The van der Waals surface area contributed by atoms with Gasteiger partial charge in [-0.1, -0.05) is 22.9 Å². The highest BCUT2D eigenvalue weighted by atomic mass is 35.5. The SMILES string of the molecule is Cc1cc(OCC(=O)Nc2ccc3c(c2)sc(=O)n3C)cc(C)c1Cl. The number of anilines is 1. The quantitative estimate of drug-likeness (QED) is 0.751. The summed E-state index contributed by atoms with van der Waals surface area (Å²) >= 11 is 7.27. The van der Waals surface area contributed by atoms with Gasteiger partial charge in [-0.2, -0.15) is 0 Å². The Bertz CT molecular complexity index is 1000. The second-order valence-corrected chi connectivity index (χ2v) is 7.19. The van der Waals surface area contributed by atoms with E-state index in [0.29, 0.717) is 16.5 Å². The van der Waals surface area contributed by atoms with Crippen LogP contribution in [0.5, 0.6) is 5.75 Å². The van der Waals surface area contributed by atoms with Crippen molar-refractivity contribution in [3.63, 3.8) is 0 Å². The van der Waals surface area contributed by atoms with Crippen LogP contribution in [0.3, 0.4) is 0 Å². The molecule has 0 fully saturated rings. The second-order valence-electron chi connectivity index (χ2n) is 5.82. The van der Waals surface area contributed by atoms with Crippen LogP contribution in [-0.2, 0) is 11.8 Å². The number of hydrogen-bond donors (Lipinski definition) is 1. The lowest BCUT2D eigenvalue weighted by Gasteiger charge is -2.10. The van der Waals surface area contributed by atoms with Gasteiger partial charge in [0.15, 0.2) is 6.61 Å². The third kappa shape index (κ3) is 3.70. The molecule has 1 amide bonds. The molecule has 1 heterocycles. The first-order valence-electron chi connectivity index (χ1n) is 7.64. The van der Waals surface area contributed by atoms with E-state index in [1.807, 2.05) is 19.9 Å². The van der Waals surface area contributed by atoms with E-state index >= 15 is 0 Å². The first-order valence-corrected chi connectivity index (χ1v) is 8.83. The highest BCUT2D eigenvalue weighted by Crippen LogP contribution is 2.26. The summed E-state index contributed by atoms with van der Waals surface area (Å²) in [7, 11) is 1.73. The molecule has 0 aliphatic rings. The Balaban J connectivity index is 1.67. The van der Waals surface area contributed by atoms with Crippen molar-refractivity contribution in [1.82, 2.24) is 4.57 Å². The average molecular weight is 377 g/mol. The predicted molar refractivity (Wildman–Crippen MR) is 102 cm³/mol. The predicted octanol–water partition coefficient (Wildman–Crippen LogP) is 3.89. The molecule has 0 radical (unpaired) electrons. The van der Waals surface area contributed by atoms with Gasteiger partial charge < -0.3 is 14.6 Å². The number of carbonyl (C=O) groups is 1. The molecule has 0 aliphatic heterocycles. The number of hydrogen-bond acceptors (Lipinski definition) is 4. The maximum Gasteiger partial charge on any atom is 0.307 e. The number of aromatic nitrogens is 1. The van der Waals surface area contributed by atoms with E-state index in [4.69, 9.17) is 16.3 Å². The van der Waals surface area contributed by atoms with Crippen molar-refractivity contribution in [2.24, 2.45) is 7.05 Å². The van der Waals surface area contributed by atoms with Crippen molar-refractivity contribution in [3.8, 4) is 5.75 Å². The van der Waals surface area contributed by atoms with Gasteiger partial charge in [-0.3, -0.25) is 9.59 Å². The molecular weight excluding hydrogens is 360 g/mol. The first-order chi connectivity index (χ1) is 11.8. The van der Waals surface area contributed by atoms with Crippen LogP contribution in [0.4, 0.5) is 5.69 Å². The Morgan fingerprint density at radius 2 is 1.92 bits per heavy atom. The Morgan fingerprint density at radius 3 is 2.60 bits per heavy atom. The topological polar surface area (TPSA) is 60.3 Å². The molecule has 0 bridgehead atoms. The van der Waals surface area contributed by atoms with Gasteiger partial charge in [0.1, 0.15) is 5.75 Å². The molecule has 1 aromatic heterocycles. The van der Waals surface area contributed by atoms with Gasteiger partial charge in [0.2, 0.25) is 0 Å². The fourth-order valence-corrected chi connectivity index (χ4v) is 3.58. The molecule has 0 saturated heterocycles. The van der Waals surface area contributed by atoms with Crippen molar-refractivity contribution in [1.29, 1.82) is 0 Å². The lowest BCUT2D eigenvalue weighted by Crippen LogP contribution is -2.20. The van der Waals surface area contributed by atoms with Crippen molar-refractivity contribution in [3.05, 3.63) is 56.1 Å². The Kier molecular flexibility index (Phi) is 4.83. The fraction of sp³-hybridized carbons (Fsp3) is 0.222. The monoisotopic (exact) mass is 376 g/mol. The van der Waals surface area contributed by atoms with Crippen LogP contribution in [0.2, 0.25) is 5.02 Å². The number of carbonyl (C=O) groups excluding carboxylic acids is 1. The third-order valence-corrected chi connectivity index (χ3v) is 5.45. The fourth-order valence-electron chi connectivity index (χ4n) is 2.55. The van der Waals surface area contributed by atoms with Crippen LogP contribution in [0.1, 0.15) is 11.1 Å². The van der Waals surface area contributed by atoms with Crippen LogP contribution in [0.15, 0.2) is 35.1 Å². The summed E-state index contributed by atoms with van der Waals surface area (Å²) in [5, 5.41) is 3.48. The molecule has 1 N–H and O–H groups in total. The summed E-state index contributed by atoms with van der Waals surface area (Å²) in [5.74, 6) is 0.333. The molecule has 0 spiro atoms. The molecule has 130 valence electrons. The summed E-state index contributed by atoms with van der Waals surface area (Å²) in [4.78, 5) is 23.7. The maximum absolute atomic E-state index is 12.1. The smallest absolute Gasteiger partial charge is 0.307 e. The van der Waals surface area contributed by atoms with Crippen molar-refractivity contribution in [2.45, 2.75) is 13.8 Å². The zero-order chi connectivity index (χ0) is 18.1. The average Bonchev–Trinajstić information content (AvgIpc) is 2.84. The second kappa shape index (κ2) is 6.90. The molecule has 7 heteroatoms. The first kappa shape index (κ1) is 17.5. The van der Waals surface area contributed by atoms with Crippen LogP contribution in [0.25, 0.3) is 10.2 Å². The molecule has 3 aromatic rings. The van der Waals surface area contributed by atoms with E-state index in [9.17, 15) is 9.59 Å². The number of nitrogens with one attached hydrogen (secondary N) is 1. The zero-order valence-electron chi connectivity index (χ0n) is 14.1. The molecule has 5 nitrogen and oxygen atoms in total. The Morgan fingerprint density at radius 1 is 1.24 bits per heavy atom. The summed E-state index contributed by atoms with van der Waals surface area (Å²) in [6, 6.07) is 8.97. The lowest BCUT2D eigenvalue weighted by atomic mass is 10.1. The molecular formula is C18H17ClN2O3S. The van der Waals surface area contributed by atoms with Crippen molar-refractivity contribution < 1.29 is 9.53 Å². The number of fused-ring (bicyclic) bond motifs is 1. The molecule has 0 saturated carbocycles. The standard InChI is InChI=1S/C18H17ClN2O3S/c1-10-6-13(7-11(2)17(10)19)24-9-16(22)20-12-4-5-14-15(8-12)25-18(23)21(14)3/h4-8H,9H2,1-3H3,(H,20,22). The molecule has 0 aliphatic carbocycles. The zero-order valence-corrected chi connectivity index (χ0v) is 15.6. The van der Waals surface area contributed by atoms with Gasteiger partial charge in [-0.15, -0.1) is 0 Å². The van der Waals surface area contributed by atoms with Crippen molar-refractivity contribution >= 4 is 44.7 Å². The minimum Gasteiger partial charge on any atom is -0.484 e. The van der Waals surface area contributed by atoms with E-state index in [-0.39, 0.29) is 17.4 Å². The largest absolute Gasteiger partial charge is 0.484 e. The van der Waals surface area contributed by atoms with Gasteiger partial charge in [0, 0.05) is 17.8 Å². The minimum atomic E-state index is -0.270. The van der Waals surface area contributed by atoms with E-state index in [0.717, 1.165) is 32.7 Å². The number of benzene rings is 2. The van der Waals surface area contributed by atoms with E-state index in [1.165, 1.54) is 0 Å². The number of thiazole rings is 1. The summed E-state index contributed by atoms with van der Waals surface area (Å²) < 4.78 is 7.96. The molecule has 3 rings (SSSR count). The number of halogens is 1. The van der Waals surface area contributed by atoms with E-state index < -0.39 is 0 Å². The maximum atomic E-state index is 12.1. The third-order valence-electron chi connectivity index (χ3n) is 3.86. The summed E-state index contributed by atoms with van der Waals surface area (Å²) in [5.41, 5.74) is 3.28. The van der Waals surface area contributed by atoms with Gasteiger partial charge >= 0.3 is 4.87 Å². The molecule has 25 heavy (non-hydrogen) atoms. The summed E-state index contributed by atoms with van der Waals surface area (Å²) in [6.45, 7) is 3.68. The minimum absolute atomic E-state index is 0.0321. The normalized spacial score (nSPS) is 10.9. The van der Waals surface area contributed by atoms with Gasteiger partial charge in [-0.25, -0.2) is 0 Å². The molecule has 2 aromatic carbocycles. The lowest BCUT2D eigenvalue weighted by molar-refractivity contribution is -0.118. The number of ether oxygens (including phenoxy) is 1. The molecule has 0 unspecified atom stereocenters. The van der Waals surface area contributed by atoms with Crippen LogP contribution < -0.4 is 14.9 Å². The highest BCUT2D eigenvalue weighted by molar-refractivity contribution is 7.16. The highest BCUT2D eigenvalue weighted by Gasteiger charge is 2.09. The number of rotatable bonds is 4. The van der Waals surface area contributed by atoms with Crippen LogP contribution in [-0.4, -0.2) is 17.1 Å². The van der Waals surface area contributed by atoms with E-state index in [1.54, 1.807) is 35.9 Å².